The minimum absolute atomic E-state index is 0. The van der Waals surface area contributed by atoms with Crippen molar-refractivity contribution < 1.29 is 9.68 Å². The topological polar surface area (TPSA) is 75.4 Å². The summed E-state index contributed by atoms with van der Waals surface area (Å²) >= 11 is 0. The molecule has 0 N–H and O–H groups in total. The number of para-hydroxylation sites is 1. The Morgan fingerprint density at radius 2 is 1.49 bits per heavy atom. The van der Waals surface area contributed by atoms with Gasteiger partial charge in [0.15, 0.2) is 0 Å². The molecule has 3 aromatic rings. The molecule has 0 saturated heterocycles. The highest BCUT2D eigenvalue weighted by atomic mass is 35.5. The van der Waals surface area contributed by atoms with Gasteiger partial charge in [-0.1, -0.05) is 46.7 Å². The van der Waals surface area contributed by atoms with Crippen LogP contribution in [0, 0.1) is 0 Å². The van der Waals surface area contributed by atoms with Crippen LogP contribution in [-0.4, -0.2) is 86.2 Å². The van der Waals surface area contributed by atoms with Crippen LogP contribution in [0.4, 0.5) is 0 Å². The Morgan fingerprint density at radius 1 is 0.800 bits per heavy atom. The molecular weight excluding hydrogens is 464 g/mol. The summed E-state index contributed by atoms with van der Waals surface area (Å²) < 4.78 is 0. The zero-order valence-electron chi connectivity index (χ0n) is 20.8. The lowest BCUT2D eigenvalue weighted by atomic mass is 10.1. The van der Waals surface area contributed by atoms with Crippen LogP contribution in [0.15, 0.2) is 52.8 Å². The summed E-state index contributed by atoms with van der Waals surface area (Å²) in [6, 6.07) is 14.0. The van der Waals surface area contributed by atoms with Crippen LogP contribution < -0.4 is 0 Å². The van der Waals surface area contributed by atoms with Crippen molar-refractivity contribution in [1.29, 1.82) is 0 Å². The van der Waals surface area contributed by atoms with Crippen molar-refractivity contribution in [3.63, 3.8) is 0 Å². The lowest BCUT2D eigenvalue weighted by Gasteiger charge is -2.08. The normalized spacial score (nSPS) is 13.5. The van der Waals surface area contributed by atoms with Crippen molar-refractivity contribution in [3.05, 3.63) is 59.3 Å². The first-order chi connectivity index (χ1) is 16.5. The van der Waals surface area contributed by atoms with Crippen molar-refractivity contribution in [3.8, 4) is 11.3 Å². The molecular formula is C26H33ClN6O2. The molecule has 0 aliphatic heterocycles. The Labute approximate surface area is 213 Å². The highest BCUT2D eigenvalue weighted by Crippen LogP contribution is 2.36. The van der Waals surface area contributed by atoms with Gasteiger partial charge in [0.1, 0.15) is 24.6 Å². The Morgan fingerprint density at radius 3 is 2.20 bits per heavy atom. The largest absolute Gasteiger partial charge is 0.396 e. The van der Waals surface area contributed by atoms with Gasteiger partial charge in [0.25, 0.3) is 0 Å². The number of hydrogen-bond acceptors (Lipinski definition) is 8. The van der Waals surface area contributed by atoms with E-state index >= 15 is 0 Å². The summed E-state index contributed by atoms with van der Waals surface area (Å²) in [6.07, 6.45) is 3.54. The molecule has 0 radical (unpaired) electrons. The SMILES string of the molecule is CN(C)CCCO/N=C/c1cccc2nc3c(nc12)-c1ccccc1/C3=N\OCCCN(C)C.Cl. The number of halogens is 1. The fraction of sp³-hybridized carbons (Fsp3) is 0.385. The van der Waals surface area contributed by atoms with E-state index < -0.39 is 0 Å². The standard InChI is InChI=1S/C26H32N6O2.ClH/c1-31(2)14-8-16-33-27-18-19-10-7-13-22-23(19)29-24-20-11-5-6-12-21(20)25(26(24)28-22)30-34-17-9-15-32(3)4;/h5-7,10-13,18H,8-9,14-17H2,1-4H3;1H/b27-18+,30-25+;. The molecule has 8 nitrogen and oxygen atoms in total. The van der Waals surface area contributed by atoms with Gasteiger partial charge in [0.05, 0.1) is 22.9 Å². The Balaban J connectivity index is 0.00000342. The van der Waals surface area contributed by atoms with Crippen molar-refractivity contribution in [2.75, 3.05) is 54.5 Å². The number of hydrogen-bond donors (Lipinski definition) is 0. The highest BCUT2D eigenvalue weighted by molar-refractivity contribution is 6.23. The van der Waals surface area contributed by atoms with E-state index in [-0.39, 0.29) is 12.4 Å². The Kier molecular flexibility index (Phi) is 9.54. The maximum absolute atomic E-state index is 5.67. The van der Waals surface area contributed by atoms with E-state index in [1.807, 2.05) is 70.7 Å². The van der Waals surface area contributed by atoms with Gasteiger partial charge in [-0.2, -0.15) is 0 Å². The molecule has 0 fully saturated rings. The van der Waals surface area contributed by atoms with E-state index in [1.165, 1.54) is 0 Å². The molecule has 186 valence electrons. The molecule has 1 heterocycles. The summed E-state index contributed by atoms with van der Waals surface area (Å²) in [5, 5.41) is 8.62. The van der Waals surface area contributed by atoms with Gasteiger partial charge < -0.3 is 19.5 Å². The predicted molar refractivity (Wildman–Crippen MR) is 144 cm³/mol. The van der Waals surface area contributed by atoms with E-state index in [1.54, 1.807) is 6.21 Å². The molecule has 0 atom stereocenters. The van der Waals surface area contributed by atoms with E-state index in [4.69, 9.17) is 19.6 Å². The van der Waals surface area contributed by atoms with Gasteiger partial charge in [-0.15, -0.1) is 12.4 Å². The summed E-state index contributed by atoms with van der Waals surface area (Å²) in [6.45, 7) is 3.04. The quantitative estimate of drug-likeness (QED) is 0.177. The van der Waals surface area contributed by atoms with E-state index in [0.717, 1.165) is 70.8 Å². The Bertz CT molecular complexity index is 1200. The van der Waals surface area contributed by atoms with E-state index in [0.29, 0.717) is 13.2 Å². The van der Waals surface area contributed by atoms with Crippen LogP contribution in [0.25, 0.3) is 22.3 Å². The predicted octanol–water partition coefficient (Wildman–Crippen LogP) is 4.05. The summed E-state index contributed by atoms with van der Waals surface area (Å²) in [7, 11) is 8.18. The third kappa shape index (κ3) is 6.54. The van der Waals surface area contributed by atoms with Crippen molar-refractivity contribution in [2.24, 2.45) is 10.3 Å². The number of aromatic nitrogens is 2. The molecule has 35 heavy (non-hydrogen) atoms. The zero-order valence-corrected chi connectivity index (χ0v) is 21.6. The second-order valence-electron chi connectivity index (χ2n) is 8.84. The van der Waals surface area contributed by atoms with Crippen molar-refractivity contribution in [1.82, 2.24) is 19.8 Å². The molecule has 0 unspecified atom stereocenters. The number of oxime groups is 2. The number of nitrogens with zero attached hydrogens (tertiary/aromatic N) is 6. The summed E-state index contributed by atoms with van der Waals surface area (Å²) in [5.74, 6) is 0. The first-order valence-electron chi connectivity index (χ1n) is 11.6. The molecule has 0 spiro atoms. The van der Waals surface area contributed by atoms with Gasteiger partial charge in [0.2, 0.25) is 0 Å². The molecule has 0 saturated carbocycles. The first kappa shape index (κ1) is 26.5. The number of rotatable bonds is 11. The third-order valence-electron chi connectivity index (χ3n) is 5.49. The van der Waals surface area contributed by atoms with Crippen molar-refractivity contribution >= 4 is 35.4 Å². The second kappa shape index (κ2) is 12.6. The molecule has 2 aromatic carbocycles. The molecule has 9 heteroatoms. The van der Waals surface area contributed by atoms with Crippen molar-refractivity contribution in [2.45, 2.75) is 12.8 Å². The second-order valence-corrected chi connectivity index (χ2v) is 8.84. The first-order valence-corrected chi connectivity index (χ1v) is 11.6. The fourth-order valence-corrected chi connectivity index (χ4v) is 3.82. The monoisotopic (exact) mass is 496 g/mol. The maximum atomic E-state index is 5.67. The summed E-state index contributed by atoms with van der Waals surface area (Å²) in [5.41, 5.74) is 6.71. The highest BCUT2D eigenvalue weighted by Gasteiger charge is 2.29. The molecule has 0 bridgehead atoms. The molecule has 1 aliphatic carbocycles. The van der Waals surface area contributed by atoms with Gasteiger partial charge in [-0.3, -0.25) is 0 Å². The average molecular weight is 497 g/mol. The van der Waals surface area contributed by atoms with Gasteiger partial charge >= 0.3 is 0 Å². The molecule has 1 aromatic heterocycles. The van der Waals surface area contributed by atoms with Crippen LogP contribution >= 0.6 is 12.4 Å². The lowest BCUT2D eigenvalue weighted by Crippen LogP contribution is -2.14. The summed E-state index contributed by atoms with van der Waals surface area (Å²) in [4.78, 5) is 25.3. The van der Waals surface area contributed by atoms with Crippen LogP contribution in [0.1, 0.15) is 29.7 Å². The zero-order chi connectivity index (χ0) is 23.9. The van der Waals surface area contributed by atoms with E-state index in [2.05, 4.69) is 20.1 Å². The third-order valence-corrected chi connectivity index (χ3v) is 5.49. The van der Waals surface area contributed by atoms with Crippen LogP contribution in [0.2, 0.25) is 0 Å². The van der Waals surface area contributed by atoms with E-state index in [9.17, 15) is 0 Å². The average Bonchev–Trinajstić information content (AvgIpc) is 3.12. The van der Waals surface area contributed by atoms with Gasteiger partial charge in [-0.25, -0.2) is 9.97 Å². The number of fused-ring (bicyclic) bond motifs is 4. The fourth-order valence-electron chi connectivity index (χ4n) is 3.82. The molecule has 1 aliphatic rings. The van der Waals surface area contributed by atoms with Gasteiger partial charge in [-0.05, 0) is 47.1 Å². The number of benzene rings is 2. The maximum Gasteiger partial charge on any atom is 0.138 e. The lowest BCUT2D eigenvalue weighted by molar-refractivity contribution is 0.135. The van der Waals surface area contributed by atoms with Crippen LogP contribution in [-0.2, 0) is 9.68 Å². The van der Waals surface area contributed by atoms with Crippen LogP contribution in [0.5, 0.6) is 0 Å². The Hall–Kier alpha value is -3.07. The molecule has 0 amide bonds. The van der Waals surface area contributed by atoms with Gasteiger partial charge in [0, 0.05) is 29.8 Å². The van der Waals surface area contributed by atoms with Crippen LogP contribution in [0.3, 0.4) is 0 Å². The minimum Gasteiger partial charge on any atom is -0.396 e. The minimum atomic E-state index is 0. The smallest absolute Gasteiger partial charge is 0.138 e. The molecule has 4 rings (SSSR count).